The highest BCUT2D eigenvalue weighted by atomic mass is 32.2. The molecule has 0 spiro atoms. The first-order valence-electron chi connectivity index (χ1n) is 11.8. The number of benzene rings is 1. The van der Waals surface area contributed by atoms with Crippen LogP contribution in [0.15, 0.2) is 36.8 Å². The third kappa shape index (κ3) is 5.01. The van der Waals surface area contributed by atoms with E-state index >= 15 is 0 Å². The molecule has 9 heteroatoms. The van der Waals surface area contributed by atoms with E-state index in [9.17, 15) is 13.2 Å². The van der Waals surface area contributed by atoms with Crippen molar-refractivity contribution in [3.05, 3.63) is 53.5 Å². The van der Waals surface area contributed by atoms with Crippen molar-refractivity contribution < 1.29 is 13.2 Å². The number of pyridine rings is 1. The molecule has 4 rings (SSSR count). The summed E-state index contributed by atoms with van der Waals surface area (Å²) in [6.45, 7) is 7.59. The van der Waals surface area contributed by atoms with Crippen molar-refractivity contribution in [3.8, 4) is 11.1 Å². The summed E-state index contributed by atoms with van der Waals surface area (Å²) in [5.74, 6) is -0.169. The molecule has 182 valence electrons. The van der Waals surface area contributed by atoms with Gasteiger partial charge in [0.05, 0.1) is 16.8 Å². The summed E-state index contributed by atoms with van der Waals surface area (Å²) < 4.78 is 26.1. The summed E-state index contributed by atoms with van der Waals surface area (Å²) in [5, 5.41) is 4.35. The molecule has 0 atom stereocenters. The van der Waals surface area contributed by atoms with Crippen LogP contribution in [-0.2, 0) is 16.6 Å². The molecule has 4 N–H and O–H groups in total. The summed E-state index contributed by atoms with van der Waals surface area (Å²) in [4.78, 5) is 20.0. The fraction of sp³-hybridized carbons (Fsp3) is 0.440. The number of carbonyl (C=O) groups excluding carboxylic acids is 1. The molecule has 0 radical (unpaired) electrons. The molecule has 34 heavy (non-hydrogen) atoms. The number of hydrogen-bond donors (Lipinski definition) is 3. The number of aromatic amines is 1. The Labute approximate surface area is 201 Å². The maximum atomic E-state index is 12.3. The van der Waals surface area contributed by atoms with Crippen molar-refractivity contribution in [1.29, 1.82) is 0 Å². The van der Waals surface area contributed by atoms with Gasteiger partial charge in [-0.2, -0.15) is 0 Å². The summed E-state index contributed by atoms with van der Waals surface area (Å²) in [7, 11) is -3.18. The minimum absolute atomic E-state index is 0.121. The number of nitrogens with zero attached hydrogens (tertiary/aromatic N) is 2. The standard InChI is InChI=1S/C25H33N5O3S/c1-4-34(32,33)30-7-5-18(6-8-30)23-15-29-24-21(23)10-19(11-22(24)25(26)31)20-9-17(12-27-14-20)13-28-16(2)3/h9-12,14-16,18,28-29H,4-8,13H2,1-3H3,(H2,26,31). The Morgan fingerprint density at radius 2 is 1.94 bits per heavy atom. The Morgan fingerprint density at radius 3 is 2.59 bits per heavy atom. The average molecular weight is 484 g/mol. The van der Waals surface area contributed by atoms with Crippen LogP contribution in [0.4, 0.5) is 0 Å². The van der Waals surface area contributed by atoms with Gasteiger partial charge in [-0.1, -0.05) is 13.8 Å². The van der Waals surface area contributed by atoms with Crippen molar-refractivity contribution >= 4 is 26.8 Å². The van der Waals surface area contributed by atoms with Gasteiger partial charge in [0, 0.05) is 55.2 Å². The fourth-order valence-corrected chi connectivity index (χ4v) is 5.78. The molecule has 0 aliphatic carbocycles. The summed E-state index contributed by atoms with van der Waals surface area (Å²) in [6.07, 6.45) is 7.05. The minimum Gasteiger partial charge on any atom is -0.366 e. The van der Waals surface area contributed by atoms with Gasteiger partial charge in [-0.25, -0.2) is 12.7 Å². The van der Waals surface area contributed by atoms with Gasteiger partial charge in [0.1, 0.15) is 0 Å². The van der Waals surface area contributed by atoms with Gasteiger partial charge >= 0.3 is 0 Å². The van der Waals surface area contributed by atoms with Crippen molar-refractivity contribution in [2.45, 2.75) is 52.1 Å². The number of piperidine rings is 1. The molecule has 0 saturated carbocycles. The molecule has 8 nitrogen and oxygen atoms in total. The first kappa shape index (κ1) is 24.4. The topological polar surface area (TPSA) is 121 Å². The highest BCUT2D eigenvalue weighted by Gasteiger charge is 2.29. The maximum Gasteiger partial charge on any atom is 0.250 e. The first-order chi connectivity index (χ1) is 16.2. The lowest BCUT2D eigenvalue weighted by molar-refractivity contribution is 0.100. The lowest BCUT2D eigenvalue weighted by Crippen LogP contribution is -2.38. The van der Waals surface area contributed by atoms with Crippen LogP contribution in [-0.4, -0.2) is 53.5 Å². The van der Waals surface area contributed by atoms with E-state index in [0.717, 1.165) is 46.0 Å². The van der Waals surface area contributed by atoms with Crippen LogP contribution >= 0.6 is 0 Å². The smallest absolute Gasteiger partial charge is 0.250 e. The van der Waals surface area contributed by atoms with E-state index in [2.05, 4.69) is 41.3 Å². The number of aromatic nitrogens is 2. The van der Waals surface area contributed by atoms with Crippen molar-refractivity contribution in [3.63, 3.8) is 0 Å². The number of H-pyrrole nitrogens is 1. The zero-order valence-electron chi connectivity index (χ0n) is 20.0. The molecule has 1 aliphatic rings. The lowest BCUT2D eigenvalue weighted by Gasteiger charge is -2.31. The third-order valence-corrected chi connectivity index (χ3v) is 8.46. The van der Waals surface area contributed by atoms with E-state index in [0.29, 0.717) is 31.2 Å². The Morgan fingerprint density at radius 1 is 1.21 bits per heavy atom. The number of rotatable bonds is 8. The average Bonchev–Trinajstić information content (AvgIpc) is 3.26. The molecule has 1 saturated heterocycles. The fourth-order valence-electron chi connectivity index (χ4n) is 4.64. The monoisotopic (exact) mass is 483 g/mol. The summed E-state index contributed by atoms with van der Waals surface area (Å²) >= 11 is 0. The Hall–Kier alpha value is -2.75. The molecular formula is C25H33N5O3S. The van der Waals surface area contributed by atoms with E-state index in [1.807, 2.05) is 18.5 Å². The molecule has 0 bridgehead atoms. The van der Waals surface area contributed by atoms with E-state index in [1.165, 1.54) is 0 Å². The van der Waals surface area contributed by atoms with Crippen molar-refractivity contribution in [1.82, 2.24) is 19.6 Å². The zero-order valence-corrected chi connectivity index (χ0v) is 20.8. The second-order valence-corrected chi connectivity index (χ2v) is 11.5. The van der Waals surface area contributed by atoms with Crippen molar-refractivity contribution in [2.75, 3.05) is 18.8 Å². The molecule has 0 unspecified atom stereocenters. The number of sulfonamides is 1. The van der Waals surface area contributed by atoms with Crippen LogP contribution in [0.25, 0.3) is 22.0 Å². The van der Waals surface area contributed by atoms with Crippen LogP contribution in [0.1, 0.15) is 61.0 Å². The minimum atomic E-state index is -3.18. The number of fused-ring (bicyclic) bond motifs is 1. The normalized spacial score (nSPS) is 15.9. The summed E-state index contributed by atoms with van der Waals surface area (Å²) in [5.41, 5.74) is 10.9. The number of carbonyl (C=O) groups is 1. The molecule has 1 aromatic carbocycles. The van der Waals surface area contributed by atoms with Gasteiger partial charge in [-0.15, -0.1) is 0 Å². The number of nitrogens with one attached hydrogen (secondary N) is 2. The number of primary amides is 1. The van der Waals surface area contributed by atoms with Gasteiger partial charge in [-0.3, -0.25) is 9.78 Å². The SMILES string of the molecule is CCS(=O)(=O)N1CCC(c2c[nH]c3c(C(N)=O)cc(-c4cncc(CNC(C)C)c4)cc23)CC1. The quantitative estimate of drug-likeness (QED) is 0.454. The van der Waals surface area contributed by atoms with Gasteiger partial charge in [0.2, 0.25) is 10.0 Å². The van der Waals surface area contributed by atoms with Gasteiger partial charge in [0.15, 0.2) is 0 Å². The predicted molar refractivity (Wildman–Crippen MR) is 135 cm³/mol. The molecular weight excluding hydrogens is 450 g/mol. The molecule has 1 aliphatic heterocycles. The number of amides is 1. The number of hydrogen-bond acceptors (Lipinski definition) is 5. The van der Waals surface area contributed by atoms with E-state index < -0.39 is 15.9 Å². The second kappa shape index (κ2) is 9.85. The van der Waals surface area contributed by atoms with E-state index in [4.69, 9.17) is 5.73 Å². The van der Waals surface area contributed by atoms with Crippen LogP contribution in [0.3, 0.4) is 0 Å². The molecule has 1 fully saturated rings. The highest BCUT2D eigenvalue weighted by molar-refractivity contribution is 7.89. The Kier molecular flexibility index (Phi) is 7.06. The van der Waals surface area contributed by atoms with E-state index in [-0.39, 0.29) is 11.7 Å². The molecule has 3 heterocycles. The second-order valence-electron chi connectivity index (χ2n) is 9.25. The van der Waals surface area contributed by atoms with Crippen molar-refractivity contribution in [2.24, 2.45) is 5.73 Å². The first-order valence-corrected chi connectivity index (χ1v) is 13.4. The number of nitrogens with two attached hydrogens (primary N) is 1. The van der Waals surface area contributed by atoms with E-state index in [1.54, 1.807) is 17.4 Å². The Balaban J connectivity index is 1.70. The van der Waals surface area contributed by atoms with Crippen LogP contribution in [0, 0.1) is 0 Å². The van der Waals surface area contributed by atoms with Crippen LogP contribution in [0.2, 0.25) is 0 Å². The third-order valence-electron chi connectivity index (χ3n) is 6.58. The van der Waals surface area contributed by atoms with Crippen LogP contribution in [0.5, 0.6) is 0 Å². The van der Waals surface area contributed by atoms with Gasteiger partial charge in [0.25, 0.3) is 5.91 Å². The van der Waals surface area contributed by atoms with Gasteiger partial charge < -0.3 is 16.0 Å². The maximum absolute atomic E-state index is 12.3. The van der Waals surface area contributed by atoms with Crippen LogP contribution < -0.4 is 11.1 Å². The largest absolute Gasteiger partial charge is 0.366 e. The summed E-state index contributed by atoms with van der Waals surface area (Å²) in [6, 6.07) is 6.34. The molecule has 3 aromatic rings. The zero-order chi connectivity index (χ0) is 24.5. The lowest BCUT2D eigenvalue weighted by atomic mass is 9.88. The molecule has 1 amide bonds. The van der Waals surface area contributed by atoms with Gasteiger partial charge in [-0.05, 0) is 60.6 Å². The Bertz CT molecular complexity index is 1290. The highest BCUT2D eigenvalue weighted by Crippen LogP contribution is 2.37. The predicted octanol–water partition coefficient (Wildman–Crippen LogP) is 3.36. The molecule has 2 aromatic heterocycles.